The van der Waals surface area contributed by atoms with Gasteiger partial charge in [0.1, 0.15) is 6.04 Å². The minimum atomic E-state index is -0.304. The van der Waals surface area contributed by atoms with Crippen molar-refractivity contribution in [3.63, 3.8) is 0 Å². The second kappa shape index (κ2) is 5.14. The van der Waals surface area contributed by atoms with Crippen LogP contribution in [0.1, 0.15) is 6.92 Å². The lowest BCUT2D eigenvalue weighted by Crippen LogP contribution is -2.36. The van der Waals surface area contributed by atoms with E-state index in [1.54, 1.807) is 25.2 Å². The molecule has 0 bridgehead atoms. The first-order chi connectivity index (χ1) is 9.00. The van der Waals surface area contributed by atoms with Crippen molar-refractivity contribution in [3.8, 4) is 0 Å². The number of fused-ring (bicyclic) bond motifs is 1. The molecule has 0 aliphatic carbocycles. The molecule has 0 aliphatic heterocycles. The van der Waals surface area contributed by atoms with Gasteiger partial charge in [0, 0.05) is 31.4 Å². The fourth-order valence-corrected chi connectivity index (χ4v) is 2.01. The van der Waals surface area contributed by atoms with Crippen LogP contribution in [0.4, 0.5) is 11.4 Å². The predicted molar refractivity (Wildman–Crippen MR) is 77.9 cm³/mol. The minimum absolute atomic E-state index is 0.0221. The van der Waals surface area contributed by atoms with Crippen LogP contribution in [-0.2, 0) is 4.79 Å². The number of likely N-dealkylation sites (N-methyl/N-ethyl adjacent to an activating group) is 1. The number of hydrogen-bond donors (Lipinski definition) is 2. The quantitative estimate of drug-likeness (QED) is 0.822. The third kappa shape index (κ3) is 2.59. The lowest BCUT2D eigenvalue weighted by atomic mass is 10.1. The zero-order chi connectivity index (χ0) is 14.0. The van der Waals surface area contributed by atoms with Crippen molar-refractivity contribution in [2.75, 3.05) is 25.1 Å². The van der Waals surface area contributed by atoms with Crippen molar-refractivity contribution in [3.05, 3.63) is 30.5 Å². The van der Waals surface area contributed by atoms with Gasteiger partial charge < -0.3 is 16.0 Å². The van der Waals surface area contributed by atoms with E-state index in [2.05, 4.69) is 10.3 Å². The van der Waals surface area contributed by atoms with Gasteiger partial charge in [0.05, 0.1) is 11.2 Å². The molecule has 0 aliphatic rings. The number of aromatic nitrogens is 1. The number of rotatable bonds is 3. The van der Waals surface area contributed by atoms with Gasteiger partial charge in [-0.2, -0.15) is 0 Å². The summed E-state index contributed by atoms with van der Waals surface area (Å²) >= 11 is 0. The highest BCUT2D eigenvalue weighted by atomic mass is 16.2. The highest BCUT2D eigenvalue weighted by Gasteiger charge is 2.15. The van der Waals surface area contributed by atoms with Crippen LogP contribution in [0.5, 0.6) is 0 Å². The average Bonchev–Trinajstić information content (AvgIpc) is 2.39. The lowest BCUT2D eigenvalue weighted by molar-refractivity contribution is -0.129. The monoisotopic (exact) mass is 258 g/mol. The van der Waals surface area contributed by atoms with Crippen LogP contribution in [0, 0.1) is 0 Å². The Kier molecular flexibility index (Phi) is 3.55. The fraction of sp³-hybridized carbons (Fsp3) is 0.286. The molecule has 1 amide bonds. The normalized spacial score (nSPS) is 12.2. The van der Waals surface area contributed by atoms with Crippen molar-refractivity contribution < 1.29 is 4.79 Å². The van der Waals surface area contributed by atoms with E-state index in [1.165, 1.54) is 0 Å². The summed E-state index contributed by atoms with van der Waals surface area (Å²) < 4.78 is 0. The number of anilines is 2. The van der Waals surface area contributed by atoms with Crippen LogP contribution < -0.4 is 11.1 Å². The molecular formula is C14H18N4O. The first kappa shape index (κ1) is 13.1. The van der Waals surface area contributed by atoms with E-state index in [1.807, 2.05) is 31.2 Å². The molecule has 2 aromatic rings. The Morgan fingerprint density at radius 1 is 1.37 bits per heavy atom. The van der Waals surface area contributed by atoms with Crippen LogP contribution >= 0.6 is 0 Å². The standard InChI is InChI=1S/C14H18N4O/c1-9(14(19)18(2)3)17-12-7-8-16-13-10(12)5-4-6-11(13)15/h4-9H,15H2,1-3H3,(H,16,17). The summed E-state index contributed by atoms with van der Waals surface area (Å²) in [4.78, 5) is 17.7. The first-order valence-corrected chi connectivity index (χ1v) is 6.11. The van der Waals surface area contributed by atoms with Gasteiger partial charge >= 0.3 is 0 Å². The largest absolute Gasteiger partial charge is 0.397 e. The van der Waals surface area contributed by atoms with Gasteiger partial charge in [-0.3, -0.25) is 9.78 Å². The number of nitrogens with zero attached hydrogens (tertiary/aromatic N) is 2. The summed E-state index contributed by atoms with van der Waals surface area (Å²) in [5.41, 5.74) is 8.14. The average molecular weight is 258 g/mol. The Morgan fingerprint density at radius 3 is 2.79 bits per heavy atom. The van der Waals surface area contributed by atoms with Gasteiger partial charge in [0.15, 0.2) is 0 Å². The molecule has 5 heteroatoms. The molecule has 1 aromatic carbocycles. The third-order valence-corrected chi connectivity index (χ3v) is 2.99. The third-order valence-electron chi connectivity index (χ3n) is 2.99. The summed E-state index contributed by atoms with van der Waals surface area (Å²) in [7, 11) is 3.48. The summed E-state index contributed by atoms with van der Waals surface area (Å²) in [6.07, 6.45) is 1.69. The number of benzene rings is 1. The number of hydrogen-bond acceptors (Lipinski definition) is 4. The van der Waals surface area contributed by atoms with Crippen molar-refractivity contribution in [2.45, 2.75) is 13.0 Å². The van der Waals surface area contributed by atoms with Crippen molar-refractivity contribution >= 4 is 28.2 Å². The van der Waals surface area contributed by atoms with Crippen molar-refractivity contribution in [1.29, 1.82) is 0 Å². The summed E-state index contributed by atoms with van der Waals surface area (Å²) in [6.45, 7) is 1.83. The van der Waals surface area contributed by atoms with Gasteiger partial charge in [-0.05, 0) is 19.1 Å². The molecule has 1 aromatic heterocycles. The van der Waals surface area contributed by atoms with Crippen LogP contribution in [0.25, 0.3) is 10.9 Å². The van der Waals surface area contributed by atoms with E-state index >= 15 is 0 Å². The highest BCUT2D eigenvalue weighted by Crippen LogP contribution is 2.25. The number of nitrogens with two attached hydrogens (primary N) is 1. The fourth-order valence-electron chi connectivity index (χ4n) is 2.01. The zero-order valence-electron chi connectivity index (χ0n) is 11.3. The van der Waals surface area contributed by atoms with Gasteiger partial charge in [0.25, 0.3) is 0 Å². The summed E-state index contributed by atoms with van der Waals surface area (Å²) in [5, 5.41) is 4.12. The van der Waals surface area contributed by atoms with Crippen molar-refractivity contribution in [2.24, 2.45) is 0 Å². The molecule has 3 N–H and O–H groups in total. The zero-order valence-corrected chi connectivity index (χ0v) is 11.3. The van der Waals surface area contributed by atoms with Crippen LogP contribution in [0.3, 0.4) is 0 Å². The van der Waals surface area contributed by atoms with E-state index in [-0.39, 0.29) is 11.9 Å². The Hall–Kier alpha value is -2.30. The number of pyridine rings is 1. The molecular weight excluding hydrogens is 240 g/mol. The van der Waals surface area contributed by atoms with Gasteiger partial charge in [0.2, 0.25) is 5.91 Å². The number of nitrogens with one attached hydrogen (secondary N) is 1. The van der Waals surface area contributed by atoms with Crippen LogP contribution in [-0.4, -0.2) is 35.9 Å². The molecule has 1 atom stereocenters. The maximum absolute atomic E-state index is 11.9. The highest BCUT2D eigenvalue weighted by molar-refractivity contribution is 5.98. The first-order valence-electron chi connectivity index (χ1n) is 6.11. The van der Waals surface area contributed by atoms with Gasteiger partial charge in [-0.25, -0.2) is 0 Å². The molecule has 2 rings (SSSR count). The second-order valence-electron chi connectivity index (χ2n) is 4.70. The lowest BCUT2D eigenvalue weighted by Gasteiger charge is -2.20. The summed E-state index contributed by atoms with van der Waals surface area (Å²) in [6, 6.07) is 7.17. The molecule has 100 valence electrons. The van der Waals surface area contributed by atoms with E-state index < -0.39 is 0 Å². The molecule has 1 heterocycles. The van der Waals surface area contributed by atoms with E-state index in [0.717, 1.165) is 16.6 Å². The summed E-state index contributed by atoms with van der Waals surface area (Å²) in [5.74, 6) is 0.0221. The van der Waals surface area contributed by atoms with E-state index in [9.17, 15) is 4.79 Å². The molecule has 1 unspecified atom stereocenters. The second-order valence-corrected chi connectivity index (χ2v) is 4.70. The number of carbonyl (C=O) groups is 1. The van der Waals surface area contributed by atoms with Crippen molar-refractivity contribution in [1.82, 2.24) is 9.88 Å². The Bertz CT molecular complexity index is 609. The number of para-hydroxylation sites is 1. The molecule has 0 spiro atoms. The Morgan fingerprint density at radius 2 is 2.11 bits per heavy atom. The number of carbonyl (C=O) groups excluding carboxylic acids is 1. The number of nitrogen functional groups attached to an aromatic ring is 1. The topological polar surface area (TPSA) is 71.2 Å². The van der Waals surface area contributed by atoms with Crippen LogP contribution in [0.2, 0.25) is 0 Å². The molecule has 0 saturated carbocycles. The van der Waals surface area contributed by atoms with Crippen LogP contribution in [0.15, 0.2) is 30.5 Å². The number of amides is 1. The molecule has 5 nitrogen and oxygen atoms in total. The minimum Gasteiger partial charge on any atom is -0.397 e. The van der Waals surface area contributed by atoms with Gasteiger partial charge in [-0.15, -0.1) is 0 Å². The Balaban J connectivity index is 2.36. The molecule has 0 fully saturated rings. The SMILES string of the molecule is CC(Nc1ccnc2c(N)cccc12)C(=O)N(C)C. The maximum Gasteiger partial charge on any atom is 0.244 e. The van der Waals surface area contributed by atoms with E-state index in [4.69, 9.17) is 5.73 Å². The molecule has 19 heavy (non-hydrogen) atoms. The smallest absolute Gasteiger partial charge is 0.244 e. The van der Waals surface area contributed by atoms with Gasteiger partial charge in [-0.1, -0.05) is 12.1 Å². The predicted octanol–water partition coefficient (Wildman–Crippen LogP) is 1.71. The molecule has 0 radical (unpaired) electrons. The van der Waals surface area contributed by atoms with E-state index in [0.29, 0.717) is 5.69 Å². The Labute approximate surface area is 112 Å². The molecule has 0 saturated heterocycles. The maximum atomic E-state index is 11.9.